The van der Waals surface area contributed by atoms with Crippen LogP contribution in [0.4, 0.5) is 0 Å². The molecule has 5 nitrogen and oxygen atoms in total. The van der Waals surface area contributed by atoms with E-state index in [1.807, 2.05) is 48.5 Å². The monoisotopic (exact) mass is 505 g/mol. The number of hydrogen-bond acceptors (Lipinski definition) is 6. The number of hydrogen-bond donors (Lipinski definition) is 0. The lowest BCUT2D eigenvalue weighted by Gasteiger charge is -2.19. The molecule has 0 saturated heterocycles. The predicted octanol–water partition coefficient (Wildman–Crippen LogP) is 6.41. The summed E-state index contributed by atoms with van der Waals surface area (Å²) < 4.78 is 27.6. The summed E-state index contributed by atoms with van der Waals surface area (Å²) in [6.07, 6.45) is 1.58. The third kappa shape index (κ3) is 4.50. The zero-order valence-corrected chi connectivity index (χ0v) is 20.6. The van der Waals surface area contributed by atoms with E-state index in [1.165, 1.54) is 11.3 Å². The molecular formula is C29H19N3O2S2. The van der Waals surface area contributed by atoms with Gasteiger partial charge in [0.05, 0.1) is 34.5 Å². The zero-order valence-electron chi connectivity index (χ0n) is 19.0. The third-order valence-corrected chi connectivity index (χ3v) is 9.04. The van der Waals surface area contributed by atoms with E-state index in [9.17, 15) is 13.7 Å². The van der Waals surface area contributed by atoms with Crippen molar-refractivity contribution in [2.24, 2.45) is 0 Å². The first-order chi connectivity index (χ1) is 17.5. The lowest BCUT2D eigenvalue weighted by molar-refractivity contribution is 0.589. The van der Waals surface area contributed by atoms with Crippen molar-refractivity contribution in [2.45, 2.75) is 11.0 Å². The van der Waals surface area contributed by atoms with E-state index in [4.69, 9.17) is 5.26 Å². The molecule has 36 heavy (non-hydrogen) atoms. The van der Waals surface area contributed by atoms with Crippen LogP contribution in [0.5, 0.6) is 0 Å². The molecule has 5 rings (SSSR count). The standard InChI is InChI=1S/C29H19N3O2S2/c30-15-20-8-10-21(11-9-20)18-36(33,34)29(28-17-32-19-35-28)23-12-13-24(16-31)27(14-23)26-7-3-5-22-4-1-2-6-25(22)26/h1-14,17,19,29H,18H2. The SMILES string of the molecule is N#Cc1ccc(CS(=O)(=O)C(c2ccc(C#N)c(-c3cccc4ccccc34)c2)c2cncs2)cc1. The van der Waals surface area contributed by atoms with Crippen molar-refractivity contribution in [3.8, 4) is 23.3 Å². The summed E-state index contributed by atoms with van der Waals surface area (Å²) in [7, 11) is -3.73. The van der Waals surface area contributed by atoms with Crippen molar-refractivity contribution in [1.29, 1.82) is 10.5 Å². The molecule has 4 aromatic carbocycles. The fourth-order valence-electron chi connectivity index (χ4n) is 4.40. The van der Waals surface area contributed by atoms with Gasteiger partial charge in [-0.15, -0.1) is 11.3 Å². The van der Waals surface area contributed by atoms with Gasteiger partial charge >= 0.3 is 0 Å². The Kier molecular flexibility index (Phi) is 6.35. The Hall–Kier alpha value is -4.30. The van der Waals surface area contributed by atoms with Gasteiger partial charge in [0.15, 0.2) is 9.84 Å². The fourth-order valence-corrected chi connectivity index (χ4v) is 7.43. The highest BCUT2D eigenvalue weighted by atomic mass is 32.2. The van der Waals surface area contributed by atoms with E-state index in [2.05, 4.69) is 17.1 Å². The molecule has 0 aliphatic rings. The Morgan fingerprint density at radius 1 is 0.861 bits per heavy atom. The lowest BCUT2D eigenvalue weighted by atomic mass is 9.93. The third-order valence-electron chi connectivity index (χ3n) is 6.07. The quantitative estimate of drug-likeness (QED) is 0.266. The first kappa shape index (κ1) is 23.4. The molecule has 0 saturated carbocycles. The summed E-state index contributed by atoms with van der Waals surface area (Å²) in [5, 5.41) is 20.0. The highest BCUT2D eigenvalue weighted by molar-refractivity contribution is 7.91. The van der Waals surface area contributed by atoms with E-state index in [1.54, 1.807) is 48.1 Å². The van der Waals surface area contributed by atoms with Crippen LogP contribution in [-0.4, -0.2) is 13.4 Å². The Bertz CT molecular complexity index is 1740. The van der Waals surface area contributed by atoms with Crippen molar-refractivity contribution >= 4 is 31.9 Å². The Morgan fingerprint density at radius 2 is 1.64 bits per heavy atom. The van der Waals surface area contributed by atoms with E-state index < -0.39 is 15.1 Å². The summed E-state index contributed by atoms with van der Waals surface area (Å²) in [6.45, 7) is 0. The van der Waals surface area contributed by atoms with Crippen molar-refractivity contribution in [2.75, 3.05) is 0 Å². The topological polar surface area (TPSA) is 94.6 Å². The van der Waals surface area contributed by atoms with Crippen molar-refractivity contribution < 1.29 is 8.42 Å². The number of benzene rings is 4. The van der Waals surface area contributed by atoms with Gasteiger partial charge in [-0.05, 0) is 51.7 Å². The average molecular weight is 506 g/mol. The fraction of sp³-hybridized carbons (Fsp3) is 0.0690. The van der Waals surface area contributed by atoms with Gasteiger partial charge in [-0.2, -0.15) is 10.5 Å². The molecule has 1 aromatic heterocycles. The minimum atomic E-state index is -3.73. The van der Waals surface area contributed by atoms with Gasteiger partial charge in [0.25, 0.3) is 0 Å². The van der Waals surface area contributed by atoms with Crippen LogP contribution < -0.4 is 0 Å². The van der Waals surface area contributed by atoms with Gasteiger partial charge in [0.1, 0.15) is 5.25 Å². The van der Waals surface area contributed by atoms with E-state index in [-0.39, 0.29) is 5.75 Å². The number of fused-ring (bicyclic) bond motifs is 1. The molecule has 0 fully saturated rings. The Labute approximate surface area is 213 Å². The van der Waals surface area contributed by atoms with Crippen LogP contribution in [0.1, 0.15) is 32.4 Å². The highest BCUT2D eigenvalue weighted by Crippen LogP contribution is 2.39. The second-order valence-corrected chi connectivity index (χ2v) is 11.3. The number of rotatable bonds is 6. The molecule has 5 aromatic rings. The minimum Gasteiger partial charge on any atom is -0.253 e. The lowest BCUT2D eigenvalue weighted by Crippen LogP contribution is -2.16. The Balaban J connectivity index is 1.65. The van der Waals surface area contributed by atoms with Crippen molar-refractivity contribution in [3.05, 3.63) is 124 Å². The molecule has 1 unspecified atom stereocenters. The second-order valence-electron chi connectivity index (χ2n) is 8.34. The van der Waals surface area contributed by atoms with Gasteiger partial charge in [0.2, 0.25) is 0 Å². The van der Waals surface area contributed by atoms with Crippen LogP contribution in [0, 0.1) is 22.7 Å². The van der Waals surface area contributed by atoms with Crippen LogP contribution in [-0.2, 0) is 15.6 Å². The van der Waals surface area contributed by atoms with E-state index in [0.717, 1.165) is 16.3 Å². The molecule has 0 bridgehead atoms. The van der Waals surface area contributed by atoms with Crippen LogP contribution in [0.2, 0.25) is 0 Å². The molecule has 174 valence electrons. The maximum atomic E-state index is 13.8. The number of aromatic nitrogens is 1. The molecule has 0 radical (unpaired) electrons. The predicted molar refractivity (Wildman–Crippen MR) is 142 cm³/mol. The zero-order chi connectivity index (χ0) is 25.1. The molecule has 1 atom stereocenters. The van der Waals surface area contributed by atoms with Gasteiger partial charge in [-0.1, -0.05) is 60.7 Å². The summed E-state index contributed by atoms with van der Waals surface area (Å²) in [5.74, 6) is -0.190. The number of nitrogens with zero attached hydrogens (tertiary/aromatic N) is 3. The molecule has 0 amide bonds. The molecule has 1 heterocycles. The van der Waals surface area contributed by atoms with Gasteiger partial charge < -0.3 is 0 Å². The maximum Gasteiger partial charge on any atom is 0.166 e. The highest BCUT2D eigenvalue weighted by Gasteiger charge is 2.31. The summed E-state index contributed by atoms with van der Waals surface area (Å²) in [5.41, 5.74) is 5.31. The maximum absolute atomic E-state index is 13.8. The largest absolute Gasteiger partial charge is 0.253 e. The molecule has 0 spiro atoms. The Morgan fingerprint density at radius 3 is 2.36 bits per heavy atom. The number of sulfone groups is 1. The molecule has 0 N–H and O–H groups in total. The molecule has 0 aliphatic heterocycles. The second kappa shape index (κ2) is 9.75. The first-order valence-corrected chi connectivity index (χ1v) is 13.7. The van der Waals surface area contributed by atoms with E-state index in [0.29, 0.717) is 32.7 Å². The van der Waals surface area contributed by atoms with Crippen molar-refractivity contribution in [1.82, 2.24) is 4.98 Å². The summed E-state index contributed by atoms with van der Waals surface area (Å²) in [4.78, 5) is 4.74. The molecule has 0 aliphatic carbocycles. The number of thiazole rings is 1. The van der Waals surface area contributed by atoms with Crippen molar-refractivity contribution in [3.63, 3.8) is 0 Å². The summed E-state index contributed by atoms with van der Waals surface area (Å²) in [6, 6.07) is 29.9. The smallest absolute Gasteiger partial charge is 0.166 e. The van der Waals surface area contributed by atoms with Gasteiger partial charge in [-0.25, -0.2) is 8.42 Å². The number of nitriles is 2. The minimum absolute atomic E-state index is 0.190. The van der Waals surface area contributed by atoms with Crippen LogP contribution in [0.15, 0.2) is 96.6 Å². The molecule has 7 heteroatoms. The van der Waals surface area contributed by atoms with E-state index >= 15 is 0 Å². The van der Waals surface area contributed by atoms with Gasteiger partial charge in [-0.3, -0.25) is 4.98 Å². The normalized spacial score (nSPS) is 12.1. The van der Waals surface area contributed by atoms with Crippen LogP contribution >= 0.6 is 11.3 Å². The first-order valence-electron chi connectivity index (χ1n) is 11.1. The summed E-state index contributed by atoms with van der Waals surface area (Å²) >= 11 is 1.29. The van der Waals surface area contributed by atoms with Crippen LogP contribution in [0.25, 0.3) is 21.9 Å². The van der Waals surface area contributed by atoms with Gasteiger partial charge in [0, 0.05) is 16.6 Å². The van der Waals surface area contributed by atoms with Crippen LogP contribution in [0.3, 0.4) is 0 Å². The average Bonchev–Trinajstić information content (AvgIpc) is 3.42. The molecular weight excluding hydrogens is 486 g/mol.